The van der Waals surface area contributed by atoms with Gasteiger partial charge < -0.3 is 10.5 Å². The lowest BCUT2D eigenvalue weighted by Gasteiger charge is -2.05. The standard InChI is InChI=1S/C9H10BrN5O/c1-5-3-7(15(2)14-5)16-8-6(10)4-12-9(11)13-8/h3-4H,1-2H3,(H2,11,12,13). The number of rotatable bonds is 2. The molecule has 0 saturated heterocycles. The van der Waals surface area contributed by atoms with E-state index in [-0.39, 0.29) is 5.95 Å². The van der Waals surface area contributed by atoms with Crippen LogP contribution < -0.4 is 10.5 Å². The summed E-state index contributed by atoms with van der Waals surface area (Å²) in [6.07, 6.45) is 1.54. The second kappa shape index (κ2) is 4.09. The SMILES string of the molecule is Cc1cc(Oc2nc(N)ncc2Br)n(C)n1. The average molecular weight is 284 g/mol. The normalized spacial score (nSPS) is 10.4. The van der Waals surface area contributed by atoms with Gasteiger partial charge in [-0.3, -0.25) is 0 Å². The maximum Gasteiger partial charge on any atom is 0.240 e. The van der Waals surface area contributed by atoms with Gasteiger partial charge >= 0.3 is 0 Å². The first-order valence-electron chi connectivity index (χ1n) is 4.53. The van der Waals surface area contributed by atoms with Gasteiger partial charge in [0.05, 0.1) is 16.4 Å². The minimum Gasteiger partial charge on any atom is -0.420 e. The second-order valence-electron chi connectivity index (χ2n) is 3.23. The van der Waals surface area contributed by atoms with Crippen molar-refractivity contribution < 1.29 is 4.74 Å². The molecule has 0 aliphatic carbocycles. The van der Waals surface area contributed by atoms with Crippen LogP contribution in [0.5, 0.6) is 11.8 Å². The van der Waals surface area contributed by atoms with E-state index in [1.54, 1.807) is 17.9 Å². The number of anilines is 1. The Labute approximate surface area is 101 Å². The van der Waals surface area contributed by atoms with Gasteiger partial charge in [0.15, 0.2) is 0 Å². The van der Waals surface area contributed by atoms with Crippen molar-refractivity contribution in [2.45, 2.75) is 6.92 Å². The molecule has 84 valence electrons. The van der Waals surface area contributed by atoms with Crippen LogP contribution in [0.25, 0.3) is 0 Å². The molecule has 2 rings (SSSR count). The van der Waals surface area contributed by atoms with E-state index >= 15 is 0 Å². The van der Waals surface area contributed by atoms with Gasteiger partial charge in [-0.25, -0.2) is 9.67 Å². The van der Waals surface area contributed by atoms with E-state index in [4.69, 9.17) is 10.5 Å². The molecule has 2 aromatic rings. The zero-order chi connectivity index (χ0) is 11.7. The van der Waals surface area contributed by atoms with Crippen molar-refractivity contribution in [3.63, 3.8) is 0 Å². The first-order chi connectivity index (χ1) is 7.56. The summed E-state index contributed by atoms with van der Waals surface area (Å²) in [7, 11) is 1.79. The van der Waals surface area contributed by atoms with Crippen molar-refractivity contribution in [2.24, 2.45) is 7.05 Å². The Balaban J connectivity index is 2.33. The molecule has 0 atom stereocenters. The van der Waals surface area contributed by atoms with Gasteiger partial charge in [0.25, 0.3) is 0 Å². The quantitative estimate of drug-likeness (QED) is 0.907. The van der Waals surface area contributed by atoms with Gasteiger partial charge in [-0.1, -0.05) is 0 Å². The summed E-state index contributed by atoms with van der Waals surface area (Å²) in [5, 5.41) is 4.16. The maximum absolute atomic E-state index is 5.56. The fraction of sp³-hybridized carbons (Fsp3) is 0.222. The van der Waals surface area contributed by atoms with Gasteiger partial charge in [0, 0.05) is 13.1 Å². The number of nitrogens with two attached hydrogens (primary N) is 1. The van der Waals surface area contributed by atoms with E-state index in [0.717, 1.165) is 5.69 Å². The molecule has 7 heteroatoms. The molecule has 0 radical (unpaired) electrons. The average Bonchev–Trinajstić information content (AvgIpc) is 2.51. The highest BCUT2D eigenvalue weighted by atomic mass is 79.9. The molecule has 0 amide bonds. The summed E-state index contributed by atoms with van der Waals surface area (Å²) in [6, 6.07) is 1.81. The van der Waals surface area contributed by atoms with E-state index in [1.807, 2.05) is 13.0 Å². The third kappa shape index (κ3) is 2.13. The molecular formula is C9H10BrN5O. The minimum atomic E-state index is 0.164. The Kier molecular flexibility index (Phi) is 2.78. The molecule has 0 fully saturated rings. The molecule has 0 aliphatic heterocycles. The van der Waals surface area contributed by atoms with E-state index in [2.05, 4.69) is 31.0 Å². The van der Waals surface area contributed by atoms with E-state index in [1.165, 1.54) is 0 Å². The smallest absolute Gasteiger partial charge is 0.240 e. The van der Waals surface area contributed by atoms with Gasteiger partial charge in [-0.15, -0.1) is 0 Å². The Morgan fingerprint density at radius 1 is 1.50 bits per heavy atom. The Hall–Kier alpha value is -1.63. The molecule has 6 nitrogen and oxygen atoms in total. The van der Waals surface area contributed by atoms with E-state index in [9.17, 15) is 0 Å². The predicted octanol–water partition coefficient (Wildman–Crippen LogP) is 1.66. The third-order valence-corrected chi connectivity index (χ3v) is 2.43. The Morgan fingerprint density at radius 2 is 2.25 bits per heavy atom. The molecule has 0 spiro atoms. The number of hydrogen-bond donors (Lipinski definition) is 1. The fourth-order valence-electron chi connectivity index (χ4n) is 1.22. The van der Waals surface area contributed by atoms with Crippen molar-refractivity contribution >= 4 is 21.9 Å². The van der Waals surface area contributed by atoms with Crippen LogP contribution in [0.3, 0.4) is 0 Å². The van der Waals surface area contributed by atoms with Crippen LogP contribution in [0.15, 0.2) is 16.7 Å². The highest BCUT2D eigenvalue weighted by Crippen LogP contribution is 2.27. The third-order valence-electron chi connectivity index (χ3n) is 1.89. The van der Waals surface area contributed by atoms with Crippen molar-refractivity contribution in [1.82, 2.24) is 19.7 Å². The van der Waals surface area contributed by atoms with E-state index in [0.29, 0.717) is 16.2 Å². The Morgan fingerprint density at radius 3 is 2.88 bits per heavy atom. The molecule has 0 aliphatic rings. The number of ether oxygens (including phenoxy) is 1. The molecule has 0 aromatic carbocycles. The number of aryl methyl sites for hydroxylation is 2. The summed E-state index contributed by atoms with van der Waals surface area (Å²) < 4.78 is 7.83. The lowest BCUT2D eigenvalue weighted by molar-refractivity contribution is 0.412. The number of nitrogen functional groups attached to an aromatic ring is 1. The van der Waals surface area contributed by atoms with Crippen LogP contribution in [0, 0.1) is 6.92 Å². The maximum atomic E-state index is 5.56. The van der Waals surface area contributed by atoms with Gasteiger partial charge in [-0.2, -0.15) is 10.1 Å². The van der Waals surface area contributed by atoms with Crippen LogP contribution in [0.4, 0.5) is 5.95 Å². The summed E-state index contributed by atoms with van der Waals surface area (Å²) in [4.78, 5) is 7.80. The lowest BCUT2D eigenvalue weighted by Crippen LogP contribution is -2.00. The molecule has 0 unspecified atom stereocenters. The summed E-state index contributed by atoms with van der Waals surface area (Å²) >= 11 is 3.28. The van der Waals surface area contributed by atoms with Crippen LogP contribution in [0.1, 0.15) is 5.69 Å². The monoisotopic (exact) mass is 283 g/mol. The van der Waals surface area contributed by atoms with Crippen molar-refractivity contribution in [1.29, 1.82) is 0 Å². The number of nitrogens with zero attached hydrogens (tertiary/aromatic N) is 4. The zero-order valence-corrected chi connectivity index (χ0v) is 10.4. The minimum absolute atomic E-state index is 0.164. The number of hydrogen-bond acceptors (Lipinski definition) is 5. The summed E-state index contributed by atoms with van der Waals surface area (Å²) in [5.74, 6) is 1.13. The molecule has 2 aromatic heterocycles. The molecular weight excluding hydrogens is 274 g/mol. The lowest BCUT2D eigenvalue weighted by atomic mass is 10.5. The topological polar surface area (TPSA) is 78.9 Å². The fourth-order valence-corrected chi connectivity index (χ4v) is 1.49. The largest absolute Gasteiger partial charge is 0.420 e. The van der Waals surface area contributed by atoms with Crippen LogP contribution in [0.2, 0.25) is 0 Å². The van der Waals surface area contributed by atoms with Crippen molar-refractivity contribution in [3.05, 3.63) is 22.4 Å². The molecule has 0 saturated carbocycles. The van der Waals surface area contributed by atoms with Crippen LogP contribution in [-0.2, 0) is 7.05 Å². The predicted molar refractivity (Wildman–Crippen MR) is 62.2 cm³/mol. The highest BCUT2D eigenvalue weighted by molar-refractivity contribution is 9.10. The van der Waals surface area contributed by atoms with Crippen molar-refractivity contribution in [2.75, 3.05) is 5.73 Å². The summed E-state index contributed by atoms with van der Waals surface area (Å²) in [5.41, 5.74) is 6.35. The molecule has 16 heavy (non-hydrogen) atoms. The van der Waals surface area contributed by atoms with Gasteiger partial charge in [0.1, 0.15) is 0 Å². The Bertz CT molecular complexity index is 525. The molecule has 0 bridgehead atoms. The zero-order valence-electron chi connectivity index (χ0n) is 8.81. The number of aromatic nitrogens is 4. The van der Waals surface area contributed by atoms with E-state index < -0.39 is 0 Å². The molecule has 2 N–H and O–H groups in total. The van der Waals surface area contributed by atoms with Crippen LogP contribution in [-0.4, -0.2) is 19.7 Å². The highest BCUT2D eigenvalue weighted by Gasteiger charge is 2.09. The van der Waals surface area contributed by atoms with Crippen molar-refractivity contribution in [3.8, 4) is 11.8 Å². The first-order valence-corrected chi connectivity index (χ1v) is 5.32. The second-order valence-corrected chi connectivity index (χ2v) is 4.09. The number of halogens is 1. The first kappa shape index (κ1) is 10.9. The van der Waals surface area contributed by atoms with Crippen LogP contribution >= 0.6 is 15.9 Å². The molecule has 2 heterocycles. The van der Waals surface area contributed by atoms with Gasteiger partial charge in [0.2, 0.25) is 17.7 Å². The summed E-state index contributed by atoms with van der Waals surface area (Å²) in [6.45, 7) is 1.89. The van der Waals surface area contributed by atoms with Gasteiger partial charge in [-0.05, 0) is 22.9 Å².